The van der Waals surface area contributed by atoms with Crippen LogP contribution in [0.3, 0.4) is 0 Å². The summed E-state index contributed by atoms with van der Waals surface area (Å²) in [6, 6.07) is 12.1. The van der Waals surface area contributed by atoms with E-state index < -0.39 is 0 Å². The van der Waals surface area contributed by atoms with Gasteiger partial charge in [0.2, 0.25) is 0 Å². The second-order valence-electron chi connectivity index (χ2n) is 5.95. The van der Waals surface area contributed by atoms with Crippen LogP contribution in [-0.4, -0.2) is 29.9 Å². The summed E-state index contributed by atoms with van der Waals surface area (Å²) in [6.07, 6.45) is 2.49. The topological polar surface area (TPSA) is 32.3 Å². The molecule has 1 saturated heterocycles. The Balaban J connectivity index is 1.77. The maximum Gasteiger partial charge on any atom is 0.252 e. The van der Waals surface area contributed by atoms with Crippen molar-refractivity contribution in [1.82, 2.24) is 10.2 Å². The molecule has 1 aromatic heterocycles. The molecule has 1 aliphatic heterocycles. The van der Waals surface area contributed by atoms with Gasteiger partial charge in [0, 0.05) is 15.4 Å². The molecule has 3 nitrogen and oxygen atoms in total. The minimum absolute atomic E-state index is 0.0225. The maximum atomic E-state index is 12.6. The van der Waals surface area contributed by atoms with Crippen LogP contribution < -0.4 is 5.32 Å². The van der Waals surface area contributed by atoms with Crippen LogP contribution in [0.15, 0.2) is 46.3 Å². The lowest BCUT2D eigenvalue weighted by Crippen LogP contribution is -2.43. The fourth-order valence-electron chi connectivity index (χ4n) is 3.23. The molecule has 1 aliphatic rings. The Morgan fingerprint density at radius 2 is 1.96 bits per heavy atom. The Hall–Kier alpha value is -1.17. The van der Waals surface area contributed by atoms with E-state index in [1.807, 2.05) is 24.3 Å². The molecule has 0 bridgehead atoms. The third-order valence-corrected chi connectivity index (χ3v) is 5.95. The predicted octanol–water partition coefficient (Wildman–Crippen LogP) is 4.47. The van der Waals surface area contributed by atoms with E-state index in [1.54, 1.807) is 11.3 Å². The van der Waals surface area contributed by atoms with Crippen LogP contribution in [0.1, 0.15) is 41.0 Å². The van der Waals surface area contributed by atoms with Gasteiger partial charge < -0.3 is 5.32 Å². The molecule has 23 heavy (non-hydrogen) atoms. The van der Waals surface area contributed by atoms with Crippen LogP contribution in [0.2, 0.25) is 0 Å². The normalized spacial score (nSPS) is 17.8. The molecule has 0 saturated carbocycles. The highest BCUT2D eigenvalue weighted by molar-refractivity contribution is 9.10. The minimum atomic E-state index is -0.0225. The van der Waals surface area contributed by atoms with Crippen molar-refractivity contribution in [2.24, 2.45) is 0 Å². The first kappa shape index (κ1) is 16.7. The van der Waals surface area contributed by atoms with Gasteiger partial charge in [-0.15, -0.1) is 11.3 Å². The molecule has 122 valence electrons. The van der Waals surface area contributed by atoms with E-state index in [1.165, 1.54) is 17.7 Å². The van der Waals surface area contributed by atoms with Crippen LogP contribution in [0, 0.1) is 0 Å². The van der Waals surface area contributed by atoms with Crippen molar-refractivity contribution in [1.29, 1.82) is 0 Å². The molecule has 1 N–H and O–H groups in total. The second kappa shape index (κ2) is 7.60. The summed E-state index contributed by atoms with van der Waals surface area (Å²) in [5.41, 5.74) is 0.686. The summed E-state index contributed by atoms with van der Waals surface area (Å²) in [7, 11) is 0. The van der Waals surface area contributed by atoms with Gasteiger partial charge in [-0.1, -0.05) is 18.2 Å². The number of carbonyl (C=O) groups excluding carboxylic acids is 1. The summed E-state index contributed by atoms with van der Waals surface area (Å²) in [6.45, 7) is 4.33. The molecule has 2 atom stereocenters. The molecular weight excluding hydrogens is 372 g/mol. The number of nitrogens with zero attached hydrogens (tertiary/aromatic N) is 1. The zero-order valence-electron chi connectivity index (χ0n) is 13.2. The van der Waals surface area contributed by atoms with Crippen molar-refractivity contribution in [3.8, 4) is 0 Å². The molecule has 1 fully saturated rings. The first-order valence-corrected chi connectivity index (χ1v) is 9.67. The van der Waals surface area contributed by atoms with Crippen molar-refractivity contribution in [2.45, 2.75) is 31.8 Å². The molecule has 1 aromatic carbocycles. The molecule has 2 heterocycles. The quantitative estimate of drug-likeness (QED) is 0.813. The Labute approximate surface area is 149 Å². The fraction of sp³-hybridized carbons (Fsp3) is 0.389. The highest BCUT2D eigenvalue weighted by Crippen LogP contribution is 2.31. The second-order valence-corrected chi connectivity index (χ2v) is 7.78. The number of hydrogen-bond acceptors (Lipinski definition) is 3. The number of hydrogen-bond donors (Lipinski definition) is 1. The Bertz CT molecular complexity index is 653. The van der Waals surface area contributed by atoms with Gasteiger partial charge in [-0.05, 0) is 72.4 Å². The molecule has 1 amide bonds. The van der Waals surface area contributed by atoms with Crippen molar-refractivity contribution >= 4 is 33.2 Å². The lowest BCUT2D eigenvalue weighted by molar-refractivity contribution is 0.0907. The largest absolute Gasteiger partial charge is 0.348 e. The Morgan fingerprint density at radius 3 is 2.61 bits per heavy atom. The van der Waals surface area contributed by atoms with E-state index in [4.69, 9.17) is 0 Å². The average molecular weight is 393 g/mol. The third-order valence-electron chi connectivity index (χ3n) is 4.32. The highest BCUT2D eigenvalue weighted by atomic mass is 79.9. The molecule has 0 aliphatic carbocycles. The summed E-state index contributed by atoms with van der Waals surface area (Å²) in [5, 5.41) is 5.31. The predicted molar refractivity (Wildman–Crippen MR) is 98.9 cm³/mol. The lowest BCUT2D eigenvalue weighted by Gasteiger charge is -2.32. The van der Waals surface area contributed by atoms with Crippen LogP contribution in [0.5, 0.6) is 0 Å². The number of thiophene rings is 1. The van der Waals surface area contributed by atoms with Crippen molar-refractivity contribution in [3.05, 3.63) is 56.7 Å². The summed E-state index contributed by atoms with van der Waals surface area (Å²) >= 11 is 5.23. The number of nitrogens with one attached hydrogen (secondary N) is 1. The summed E-state index contributed by atoms with van der Waals surface area (Å²) in [4.78, 5) is 16.4. The van der Waals surface area contributed by atoms with Gasteiger partial charge in [0.15, 0.2) is 0 Å². The first-order valence-electron chi connectivity index (χ1n) is 7.99. The van der Waals surface area contributed by atoms with E-state index in [-0.39, 0.29) is 18.0 Å². The van der Waals surface area contributed by atoms with Crippen LogP contribution in [0.25, 0.3) is 0 Å². The number of amides is 1. The van der Waals surface area contributed by atoms with Gasteiger partial charge in [0.25, 0.3) is 5.91 Å². The van der Waals surface area contributed by atoms with E-state index in [0.29, 0.717) is 5.56 Å². The van der Waals surface area contributed by atoms with Gasteiger partial charge in [-0.2, -0.15) is 0 Å². The van der Waals surface area contributed by atoms with Gasteiger partial charge in [-0.25, -0.2) is 0 Å². The molecule has 0 unspecified atom stereocenters. The maximum absolute atomic E-state index is 12.6. The number of halogens is 1. The molecule has 0 spiro atoms. The van der Waals surface area contributed by atoms with Gasteiger partial charge >= 0.3 is 0 Å². The van der Waals surface area contributed by atoms with Crippen LogP contribution in [0.4, 0.5) is 0 Å². The molecule has 3 rings (SSSR count). The van der Waals surface area contributed by atoms with Gasteiger partial charge in [-0.3, -0.25) is 9.69 Å². The zero-order valence-corrected chi connectivity index (χ0v) is 15.6. The van der Waals surface area contributed by atoms with E-state index in [9.17, 15) is 4.79 Å². The number of likely N-dealkylation sites (tertiary alicyclic amines) is 1. The third kappa shape index (κ3) is 3.84. The highest BCUT2D eigenvalue weighted by Gasteiger charge is 2.30. The monoisotopic (exact) mass is 392 g/mol. The van der Waals surface area contributed by atoms with Crippen molar-refractivity contribution < 1.29 is 4.79 Å². The standard InChI is InChI=1S/C18H21BrN2OS/c1-13(20-18(22)14-7-2-3-8-15(14)19)17(16-9-6-12-23-16)21-10-4-5-11-21/h2-3,6-9,12-13,17H,4-5,10-11H2,1H3,(H,20,22)/t13-,17+/m0/s1. The summed E-state index contributed by atoms with van der Waals surface area (Å²) in [5.74, 6) is -0.0225. The van der Waals surface area contributed by atoms with Crippen LogP contribution >= 0.6 is 27.3 Å². The molecular formula is C18H21BrN2OS. The minimum Gasteiger partial charge on any atom is -0.348 e. The van der Waals surface area contributed by atoms with Gasteiger partial charge in [0.05, 0.1) is 11.6 Å². The smallest absolute Gasteiger partial charge is 0.252 e. The van der Waals surface area contributed by atoms with Crippen LogP contribution in [-0.2, 0) is 0 Å². The number of rotatable bonds is 5. The Kier molecular flexibility index (Phi) is 5.51. The lowest BCUT2D eigenvalue weighted by atomic mass is 10.1. The number of carbonyl (C=O) groups is 1. The van der Waals surface area contributed by atoms with Crippen molar-refractivity contribution in [2.75, 3.05) is 13.1 Å². The zero-order chi connectivity index (χ0) is 16.2. The van der Waals surface area contributed by atoms with E-state index in [0.717, 1.165) is 17.6 Å². The summed E-state index contributed by atoms with van der Waals surface area (Å²) < 4.78 is 0.832. The van der Waals surface area contributed by atoms with Gasteiger partial charge in [0.1, 0.15) is 0 Å². The Morgan fingerprint density at radius 1 is 1.22 bits per heavy atom. The fourth-order valence-corrected chi connectivity index (χ4v) is 4.66. The van der Waals surface area contributed by atoms with Crippen molar-refractivity contribution in [3.63, 3.8) is 0 Å². The molecule has 5 heteroatoms. The SMILES string of the molecule is C[C@H](NC(=O)c1ccccc1Br)[C@H](c1cccs1)N1CCCC1. The molecule has 0 radical (unpaired) electrons. The number of benzene rings is 1. The molecule has 2 aromatic rings. The average Bonchev–Trinajstić information content (AvgIpc) is 3.22. The van der Waals surface area contributed by atoms with E-state index >= 15 is 0 Å². The first-order chi connectivity index (χ1) is 11.2. The van der Waals surface area contributed by atoms with E-state index in [2.05, 4.69) is 50.6 Å².